The molecule has 0 unspecified atom stereocenters. The third kappa shape index (κ3) is 2.80. The summed E-state index contributed by atoms with van der Waals surface area (Å²) in [6.07, 6.45) is 3.54. The fraction of sp³-hybridized carbons (Fsp3) is 0.167. The van der Waals surface area contributed by atoms with Crippen LogP contribution in [0.4, 0.5) is 0 Å². The molecule has 2 heteroatoms. The van der Waals surface area contributed by atoms with Gasteiger partial charge in [-0.25, -0.2) is 0 Å². The van der Waals surface area contributed by atoms with Gasteiger partial charge in [-0.3, -0.25) is 4.79 Å². The van der Waals surface area contributed by atoms with Crippen LogP contribution in [0.2, 0.25) is 0 Å². The van der Waals surface area contributed by atoms with Crippen molar-refractivity contribution in [2.45, 2.75) is 12.8 Å². The van der Waals surface area contributed by atoms with Crippen molar-refractivity contribution in [3.8, 4) is 0 Å². The molecule has 0 amide bonds. The normalized spacial score (nSPS) is 19.5. The average Bonchev–Trinajstić information content (AvgIpc) is 2.51. The van der Waals surface area contributed by atoms with E-state index in [1.54, 1.807) is 0 Å². The Morgan fingerprint density at radius 3 is 2.10 bits per heavy atom. The summed E-state index contributed by atoms with van der Waals surface area (Å²) in [5, 5.41) is 0. The molecule has 0 aliphatic carbocycles. The van der Waals surface area contributed by atoms with E-state index in [0.29, 0.717) is 0 Å². The summed E-state index contributed by atoms with van der Waals surface area (Å²) in [5.74, 6) is 0.581. The van der Waals surface area contributed by atoms with Crippen molar-refractivity contribution in [3.05, 3.63) is 83.6 Å². The standard InChI is InChI=1S/C18H16O2/c19-18-16(13-15-9-5-2-6-10-15)17(20-18)12-11-14-7-3-1-4-8-14/h1-10,12,16H,11,13H2/b17-12-/t16-/m0/s1. The summed E-state index contributed by atoms with van der Waals surface area (Å²) in [5.41, 5.74) is 2.39. The second-order valence-electron chi connectivity index (χ2n) is 4.96. The minimum absolute atomic E-state index is 0.110. The lowest BCUT2D eigenvalue weighted by atomic mass is 9.92. The van der Waals surface area contributed by atoms with Crippen LogP contribution in [0.1, 0.15) is 11.1 Å². The van der Waals surface area contributed by atoms with E-state index in [9.17, 15) is 4.79 Å². The van der Waals surface area contributed by atoms with E-state index in [2.05, 4.69) is 12.1 Å². The molecular formula is C18H16O2. The van der Waals surface area contributed by atoms with Crippen LogP contribution < -0.4 is 0 Å². The van der Waals surface area contributed by atoms with Crippen LogP contribution >= 0.6 is 0 Å². The highest BCUT2D eigenvalue weighted by molar-refractivity contribution is 5.83. The zero-order valence-corrected chi connectivity index (χ0v) is 11.2. The SMILES string of the molecule is O=C1O/C(=C\Cc2ccccc2)[C@@H]1Cc1ccccc1. The molecule has 2 nitrogen and oxygen atoms in total. The van der Waals surface area contributed by atoms with E-state index in [1.807, 2.05) is 54.6 Å². The van der Waals surface area contributed by atoms with Gasteiger partial charge in [-0.1, -0.05) is 60.7 Å². The predicted octanol–water partition coefficient (Wildman–Crippen LogP) is 3.53. The zero-order valence-electron chi connectivity index (χ0n) is 11.2. The molecule has 3 rings (SSSR count). The topological polar surface area (TPSA) is 26.3 Å². The Morgan fingerprint density at radius 2 is 1.50 bits per heavy atom. The molecule has 1 fully saturated rings. The molecule has 1 aliphatic heterocycles. The van der Waals surface area contributed by atoms with Crippen LogP contribution in [-0.4, -0.2) is 5.97 Å². The molecular weight excluding hydrogens is 248 g/mol. The highest BCUT2D eigenvalue weighted by Gasteiger charge is 2.36. The van der Waals surface area contributed by atoms with E-state index in [4.69, 9.17) is 4.74 Å². The molecule has 1 aliphatic rings. The van der Waals surface area contributed by atoms with Gasteiger partial charge in [0.2, 0.25) is 0 Å². The van der Waals surface area contributed by atoms with Gasteiger partial charge < -0.3 is 4.74 Å². The van der Waals surface area contributed by atoms with Crippen LogP contribution in [0.3, 0.4) is 0 Å². The third-order valence-corrected chi connectivity index (χ3v) is 3.51. The number of esters is 1. The summed E-state index contributed by atoms with van der Waals surface area (Å²) >= 11 is 0. The van der Waals surface area contributed by atoms with Crippen LogP contribution in [0, 0.1) is 5.92 Å². The van der Waals surface area contributed by atoms with Crippen molar-refractivity contribution < 1.29 is 9.53 Å². The molecule has 1 heterocycles. The first-order valence-electron chi connectivity index (χ1n) is 6.82. The Kier molecular flexibility index (Phi) is 3.64. The van der Waals surface area contributed by atoms with Crippen molar-refractivity contribution in [2.75, 3.05) is 0 Å². The van der Waals surface area contributed by atoms with Crippen LogP contribution in [0.15, 0.2) is 72.5 Å². The summed E-state index contributed by atoms with van der Waals surface area (Å²) in [6, 6.07) is 20.2. The van der Waals surface area contributed by atoms with Crippen molar-refractivity contribution in [3.63, 3.8) is 0 Å². The Hall–Kier alpha value is -2.35. The van der Waals surface area contributed by atoms with Crippen molar-refractivity contribution in [2.24, 2.45) is 5.92 Å². The van der Waals surface area contributed by atoms with Crippen LogP contribution in [-0.2, 0) is 22.4 Å². The molecule has 1 atom stereocenters. The molecule has 1 saturated heterocycles. The van der Waals surface area contributed by atoms with Crippen molar-refractivity contribution >= 4 is 5.97 Å². The molecule has 0 radical (unpaired) electrons. The first-order valence-corrected chi connectivity index (χ1v) is 6.82. The maximum absolute atomic E-state index is 11.6. The van der Waals surface area contributed by atoms with E-state index in [-0.39, 0.29) is 11.9 Å². The number of cyclic esters (lactones) is 1. The molecule has 0 aromatic heterocycles. The molecule has 0 spiro atoms. The molecule has 2 aromatic rings. The molecule has 0 N–H and O–H groups in total. The largest absolute Gasteiger partial charge is 0.430 e. The van der Waals surface area contributed by atoms with Gasteiger partial charge in [-0.05, 0) is 30.0 Å². The first-order chi connectivity index (χ1) is 9.83. The number of hydrogen-bond donors (Lipinski definition) is 0. The number of benzene rings is 2. The highest BCUT2D eigenvalue weighted by Crippen LogP contribution is 2.30. The maximum Gasteiger partial charge on any atom is 0.322 e. The van der Waals surface area contributed by atoms with Crippen molar-refractivity contribution in [1.29, 1.82) is 0 Å². The minimum Gasteiger partial charge on any atom is -0.430 e. The van der Waals surface area contributed by atoms with Gasteiger partial charge in [-0.15, -0.1) is 0 Å². The first kappa shape index (κ1) is 12.7. The minimum atomic E-state index is -0.117. The monoisotopic (exact) mass is 264 g/mol. The number of rotatable bonds is 4. The van der Waals surface area contributed by atoms with Gasteiger partial charge in [0.15, 0.2) is 0 Å². The van der Waals surface area contributed by atoms with E-state index < -0.39 is 0 Å². The summed E-state index contributed by atoms with van der Waals surface area (Å²) < 4.78 is 5.17. The Morgan fingerprint density at radius 1 is 0.900 bits per heavy atom. The van der Waals surface area contributed by atoms with Crippen LogP contribution in [0.25, 0.3) is 0 Å². The lowest BCUT2D eigenvalue weighted by Gasteiger charge is -2.28. The summed E-state index contributed by atoms with van der Waals surface area (Å²) in [6.45, 7) is 0. The number of carbonyl (C=O) groups is 1. The Bertz CT molecular complexity index is 614. The van der Waals surface area contributed by atoms with E-state index in [0.717, 1.165) is 18.6 Å². The van der Waals surface area contributed by atoms with Gasteiger partial charge in [0.05, 0.1) is 0 Å². The fourth-order valence-electron chi connectivity index (χ4n) is 2.37. The molecule has 0 bridgehead atoms. The maximum atomic E-state index is 11.6. The lowest BCUT2D eigenvalue weighted by Crippen LogP contribution is -2.34. The Labute approximate surface area is 118 Å². The number of ether oxygens (including phenoxy) is 1. The van der Waals surface area contributed by atoms with E-state index >= 15 is 0 Å². The Balaban J connectivity index is 1.67. The van der Waals surface area contributed by atoms with Crippen molar-refractivity contribution in [1.82, 2.24) is 0 Å². The molecule has 100 valence electrons. The number of carbonyl (C=O) groups excluding carboxylic acids is 1. The molecule has 2 aromatic carbocycles. The van der Waals surface area contributed by atoms with Crippen LogP contribution in [0.5, 0.6) is 0 Å². The molecule has 0 saturated carbocycles. The second-order valence-corrected chi connectivity index (χ2v) is 4.96. The smallest absolute Gasteiger partial charge is 0.322 e. The summed E-state index contributed by atoms with van der Waals surface area (Å²) in [7, 11) is 0. The molecule has 20 heavy (non-hydrogen) atoms. The quantitative estimate of drug-likeness (QED) is 0.790. The average molecular weight is 264 g/mol. The fourth-order valence-corrected chi connectivity index (χ4v) is 2.37. The predicted molar refractivity (Wildman–Crippen MR) is 78.0 cm³/mol. The zero-order chi connectivity index (χ0) is 13.8. The highest BCUT2D eigenvalue weighted by atomic mass is 16.6. The second kappa shape index (κ2) is 5.74. The number of allylic oxidation sites excluding steroid dienone is 1. The van der Waals surface area contributed by atoms with E-state index in [1.165, 1.54) is 11.1 Å². The van der Waals surface area contributed by atoms with Gasteiger partial charge in [0, 0.05) is 0 Å². The number of hydrogen-bond acceptors (Lipinski definition) is 2. The summed E-state index contributed by atoms with van der Waals surface area (Å²) in [4.78, 5) is 11.6. The van der Waals surface area contributed by atoms with Gasteiger partial charge >= 0.3 is 5.97 Å². The lowest BCUT2D eigenvalue weighted by molar-refractivity contribution is -0.157. The van der Waals surface area contributed by atoms with Gasteiger partial charge in [0.25, 0.3) is 0 Å². The third-order valence-electron chi connectivity index (χ3n) is 3.51. The van der Waals surface area contributed by atoms with Gasteiger partial charge in [0.1, 0.15) is 11.7 Å². The van der Waals surface area contributed by atoms with Gasteiger partial charge in [-0.2, -0.15) is 0 Å².